The molecule has 2 aromatic heterocycles. The number of thiophene rings is 1. The number of hydrogen-bond donors (Lipinski definition) is 0. The van der Waals surface area contributed by atoms with Crippen LogP contribution in [0.4, 0.5) is 17.1 Å². The van der Waals surface area contributed by atoms with Crippen LogP contribution in [-0.4, -0.2) is 0 Å². The fourth-order valence-corrected chi connectivity index (χ4v) is 8.50. The summed E-state index contributed by atoms with van der Waals surface area (Å²) in [5, 5.41) is 4.83. The summed E-state index contributed by atoms with van der Waals surface area (Å²) in [5.41, 5.74) is 12.1. The van der Waals surface area contributed by atoms with Gasteiger partial charge in [-0.2, -0.15) is 0 Å². The van der Waals surface area contributed by atoms with Crippen LogP contribution in [0.1, 0.15) is 0 Å². The molecule has 0 amide bonds. The predicted octanol–water partition coefficient (Wildman–Crippen LogP) is 14.4. The number of fused-ring (bicyclic) bond motifs is 6. The van der Waals surface area contributed by atoms with Crippen LogP contribution >= 0.6 is 11.3 Å². The van der Waals surface area contributed by atoms with E-state index in [0.717, 1.165) is 44.6 Å². The van der Waals surface area contributed by atoms with E-state index in [1.165, 1.54) is 48.0 Å². The summed E-state index contributed by atoms with van der Waals surface area (Å²) >= 11 is 1.85. The number of nitrogens with zero attached hydrogens (tertiary/aromatic N) is 1. The lowest BCUT2D eigenvalue weighted by Crippen LogP contribution is -2.10. The van der Waals surface area contributed by atoms with Gasteiger partial charge in [0.25, 0.3) is 0 Å². The van der Waals surface area contributed by atoms with Crippen molar-refractivity contribution in [3.05, 3.63) is 188 Å². The topological polar surface area (TPSA) is 16.4 Å². The highest BCUT2D eigenvalue weighted by molar-refractivity contribution is 7.25. The highest BCUT2D eigenvalue weighted by atomic mass is 32.1. The van der Waals surface area contributed by atoms with Crippen molar-refractivity contribution in [2.45, 2.75) is 0 Å². The number of hydrogen-bond acceptors (Lipinski definition) is 3. The van der Waals surface area contributed by atoms with Crippen molar-refractivity contribution in [3.63, 3.8) is 0 Å². The van der Waals surface area contributed by atoms with E-state index in [2.05, 4.69) is 181 Å². The van der Waals surface area contributed by atoms with Gasteiger partial charge in [0.2, 0.25) is 0 Å². The summed E-state index contributed by atoms with van der Waals surface area (Å²) in [5.74, 6) is 0. The zero-order chi connectivity index (χ0) is 33.7. The molecule has 0 N–H and O–H groups in total. The normalized spacial score (nSPS) is 11.5. The molecule has 0 spiro atoms. The molecule has 0 saturated heterocycles. The van der Waals surface area contributed by atoms with E-state index in [-0.39, 0.29) is 0 Å². The lowest BCUT2D eigenvalue weighted by Gasteiger charge is -2.27. The molecule has 240 valence electrons. The fraction of sp³-hybridized carbons (Fsp3) is 0. The summed E-state index contributed by atoms with van der Waals surface area (Å²) < 4.78 is 9.02. The van der Waals surface area contributed by atoms with Crippen molar-refractivity contribution in [3.8, 4) is 33.4 Å². The average molecular weight is 670 g/mol. The summed E-state index contributed by atoms with van der Waals surface area (Å²) in [6.07, 6.45) is 0. The molecular formula is C48H31NOS. The molecule has 2 nitrogen and oxygen atoms in total. The number of furan rings is 1. The van der Waals surface area contributed by atoms with Crippen molar-refractivity contribution in [1.82, 2.24) is 0 Å². The van der Waals surface area contributed by atoms with Crippen LogP contribution in [-0.2, 0) is 0 Å². The molecule has 0 bridgehead atoms. The van der Waals surface area contributed by atoms with Gasteiger partial charge in [0, 0.05) is 36.9 Å². The maximum absolute atomic E-state index is 6.37. The van der Waals surface area contributed by atoms with Crippen molar-refractivity contribution < 1.29 is 4.42 Å². The highest BCUT2D eigenvalue weighted by Crippen LogP contribution is 2.44. The zero-order valence-corrected chi connectivity index (χ0v) is 28.5. The van der Waals surface area contributed by atoms with Crippen molar-refractivity contribution >= 4 is 70.5 Å². The van der Waals surface area contributed by atoms with Crippen LogP contribution in [0.15, 0.2) is 192 Å². The molecule has 51 heavy (non-hydrogen) atoms. The van der Waals surface area contributed by atoms with Crippen LogP contribution in [0.2, 0.25) is 0 Å². The van der Waals surface area contributed by atoms with Crippen LogP contribution < -0.4 is 4.90 Å². The van der Waals surface area contributed by atoms with Gasteiger partial charge >= 0.3 is 0 Å². The second kappa shape index (κ2) is 12.2. The fourth-order valence-electron chi connectivity index (χ4n) is 7.41. The summed E-state index contributed by atoms with van der Waals surface area (Å²) in [7, 11) is 0. The van der Waals surface area contributed by atoms with Gasteiger partial charge in [-0.05, 0) is 100 Å². The van der Waals surface area contributed by atoms with Crippen molar-refractivity contribution in [2.24, 2.45) is 0 Å². The van der Waals surface area contributed by atoms with Crippen LogP contribution in [0, 0.1) is 0 Å². The second-order valence-corrected chi connectivity index (χ2v) is 14.0. The van der Waals surface area contributed by atoms with Gasteiger partial charge in [-0.15, -0.1) is 11.3 Å². The smallest absolute Gasteiger partial charge is 0.137 e. The molecular weight excluding hydrogens is 639 g/mol. The van der Waals surface area contributed by atoms with Gasteiger partial charge in [0.15, 0.2) is 0 Å². The van der Waals surface area contributed by atoms with Crippen LogP contribution in [0.3, 0.4) is 0 Å². The SMILES string of the molecule is c1ccc(-c2cccc(-c3cccc(N(c4ccc(-c5ccc6sc7ccccc7c6c5)cc4)c4cccc5oc6ccccc6c45)c3)c2)cc1. The Balaban J connectivity index is 1.11. The first-order chi connectivity index (χ1) is 25.3. The number of para-hydroxylation sites is 1. The molecule has 0 fully saturated rings. The predicted molar refractivity (Wildman–Crippen MR) is 218 cm³/mol. The third-order valence-electron chi connectivity index (χ3n) is 9.86. The standard InChI is InChI=1S/C48H31NOS/c1-2-11-32(12-3-1)34-13-8-14-35(29-34)36-15-9-16-39(30-36)49(43-19-10-21-45-48(43)41-18-4-6-20-44(41)50-45)38-26-23-33(24-27-38)37-25-28-47-42(31-37)40-17-5-7-22-46(40)51-47/h1-31H. The Morgan fingerprint density at radius 2 is 0.941 bits per heavy atom. The molecule has 3 heteroatoms. The molecule has 0 aliphatic carbocycles. The molecule has 0 unspecified atom stereocenters. The molecule has 0 atom stereocenters. The van der Waals surface area contributed by atoms with Crippen LogP contribution in [0.5, 0.6) is 0 Å². The van der Waals surface area contributed by atoms with Gasteiger partial charge in [0.1, 0.15) is 11.2 Å². The Kier molecular flexibility index (Phi) is 7.04. The third kappa shape index (κ3) is 5.18. The summed E-state index contributed by atoms with van der Waals surface area (Å²) in [6, 6.07) is 67.4. The van der Waals surface area contributed by atoms with Crippen molar-refractivity contribution in [1.29, 1.82) is 0 Å². The van der Waals surface area contributed by atoms with Gasteiger partial charge < -0.3 is 9.32 Å². The maximum atomic E-state index is 6.37. The largest absolute Gasteiger partial charge is 0.456 e. The third-order valence-corrected chi connectivity index (χ3v) is 11.0. The molecule has 0 aliphatic heterocycles. The molecule has 10 aromatic rings. The van der Waals surface area contributed by atoms with E-state index in [9.17, 15) is 0 Å². The summed E-state index contributed by atoms with van der Waals surface area (Å²) in [4.78, 5) is 2.37. The van der Waals surface area contributed by atoms with Gasteiger partial charge in [-0.25, -0.2) is 0 Å². The number of benzene rings is 8. The first-order valence-corrected chi connectivity index (χ1v) is 18.1. The summed E-state index contributed by atoms with van der Waals surface area (Å²) in [6.45, 7) is 0. The average Bonchev–Trinajstić information content (AvgIpc) is 3.77. The van der Waals surface area contributed by atoms with E-state index in [1.54, 1.807) is 0 Å². The minimum absolute atomic E-state index is 0.873. The number of rotatable bonds is 6. The zero-order valence-electron chi connectivity index (χ0n) is 27.7. The van der Waals surface area contributed by atoms with E-state index in [0.29, 0.717) is 0 Å². The van der Waals surface area contributed by atoms with E-state index in [4.69, 9.17) is 4.42 Å². The first-order valence-electron chi connectivity index (χ1n) is 17.2. The Bertz CT molecular complexity index is 2860. The van der Waals surface area contributed by atoms with Crippen molar-refractivity contribution in [2.75, 3.05) is 4.90 Å². The lowest BCUT2D eigenvalue weighted by molar-refractivity contribution is 0.669. The molecule has 0 saturated carbocycles. The van der Waals surface area contributed by atoms with E-state index >= 15 is 0 Å². The Labute approximate surface area is 300 Å². The second-order valence-electron chi connectivity index (χ2n) is 12.9. The minimum Gasteiger partial charge on any atom is -0.456 e. The van der Waals surface area contributed by atoms with Gasteiger partial charge in [-0.3, -0.25) is 0 Å². The first kappa shape index (κ1) is 29.5. The molecule has 0 radical (unpaired) electrons. The Hall–Kier alpha value is -6.42. The van der Waals surface area contributed by atoms with Gasteiger partial charge in [-0.1, -0.05) is 121 Å². The number of anilines is 3. The Morgan fingerprint density at radius 3 is 1.80 bits per heavy atom. The quantitative estimate of drug-likeness (QED) is 0.175. The van der Waals surface area contributed by atoms with E-state index < -0.39 is 0 Å². The molecule has 10 rings (SSSR count). The molecule has 0 aliphatic rings. The highest BCUT2D eigenvalue weighted by Gasteiger charge is 2.20. The lowest BCUT2D eigenvalue weighted by atomic mass is 9.98. The Morgan fingerprint density at radius 1 is 0.353 bits per heavy atom. The van der Waals surface area contributed by atoms with Gasteiger partial charge in [0.05, 0.1) is 11.1 Å². The minimum atomic E-state index is 0.873. The maximum Gasteiger partial charge on any atom is 0.137 e. The molecule has 2 heterocycles. The molecule has 8 aromatic carbocycles. The van der Waals surface area contributed by atoms with Crippen LogP contribution in [0.25, 0.3) is 75.5 Å². The monoisotopic (exact) mass is 669 g/mol. The van der Waals surface area contributed by atoms with E-state index in [1.807, 2.05) is 23.5 Å².